The van der Waals surface area contributed by atoms with Gasteiger partial charge in [0.2, 0.25) is 0 Å². The largest absolute Gasteiger partial charge is 0.389 e. The molecule has 16 heavy (non-hydrogen) atoms. The summed E-state index contributed by atoms with van der Waals surface area (Å²) < 4.78 is 0. The number of hydrogen-bond donors (Lipinski definition) is 1. The summed E-state index contributed by atoms with van der Waals surface area (Å²) in [5.41, 5.74) is 0.902. The van der Waals surface area contributed by atoms with Crippen LogP contribution >= 0.6 is 0 Å². The molecule has 1 atom stereocenters. The highest BCUT2D eigenvalue weighted by atomic mass is 16.3. The van der Waals surface area contributed by atoms with Crippen LogP contribution in [0.25, 0.3) is 0 Å². The van der Waals surface area contributed by atoms with Crippen LogP contribution in [0.4, 0.5) is 0 Å². The second-order valence-corrected chi connectivity index (χ2v) is 4.98. The summed E-state index contributed by atoms with van der Waals surface area (Å²) in [4.78, 5) is 0. The van der Waals surface area contributed by atoms with Gasteiger partial charge in [0.1, 0.15) is 0 Å². The van der Waals surface area contributed by atoms with Gasteiger partial charge in [0, 0.05) is 0 Å². The fraction of sp³-hybridized carbons (Fsp3) is 0.867. The van der Waals surface area contributed by atoms with Gasteiger partial charge in [0.05, 0.1) is 6.10 Å². The monoisotopic (exact) mass is 226 g/mol. The van der Waals surface area contributed by atoms with Crippen molar-refractivity contribution in [3.63, 3.8) is 0 Å². The number of hydrogen-bond acceptors (Lipinski definition) is 1. The van der Waals surface area contributed by atoms with E-state index in [2.05, 4.69) is 13.5 Å². The third-order valence-corrected chi connectivity index (χ3v) is 3.15. The van der Waals surface area contributed by atoms with Crippen molar-refractivity contribution in [2.24, 2.45) is 0 Å². The highest BCUT2D eigenvalue weighted by Gasteiger charge is 2.02. The van der Waals surface area contributed by atoms with Crippen LogP contribution < -0.4 is 0 Å². The molecule has 0 amide bonds. The highest BCUT2D eigenvalue weighted by molar-refractivity contribution is 4.96. The van der Waals surface area contributed by atoms with Crippen LogP contribution in [-0.4, -0.2) is 11.2 Å². The first-order chi connectivity index (χ1) is 7.68. The van der Waals surface area contributed by atoms with Gasteiger partial charge in [0.15, 0.2) is 0 Å². The average Bonchev–Trinajstić information content (AvgIpc) is 2.26. The van der Waals surface area contributed by atoms with Crippen molar-refractivity contribution in [2.45, 2.75) is 84.2 Å². The zero-order valence-corrected chi connectivity index (χ0v) is 11.3. The molecule has 0 rings (SSSR count). The van der Waals surface area contributed by atoms with Gasteiger partial charge < -0.3 is 5.11 Å². The molecule has 0 aliphatic heterocycles. The summed E-state index contributed by atoms with van der Waals surface area (Å²) in [7, 11) is 0. The Morgan fingerprint density at radius 3 is 1.81 bits per heavy atom. The molecular weight excluding hydrogens is 196 g/mol. The Bertz CT molecular complexity index is 163. The molecule has 0 aromatic rings. The second kappa shape index (κ2) is 11.2. The Kier molecular flexibility index (Phi) is 11.0. The van der Waals surface area contributed by atoms with Crippen LogP contribution in [0.15, 0.2) is 12.2 Å². The van der Waals surface area contributed by atoms with Gasteiger partial charge >= 0.3 is 0 Å². The van der Waals surface area contributed by atoms with E-state index in [-0.39, 0.29) is 6.10 Å². The Morgan fingerprint density at radius 2 is 1.38 bits per heavy atom. The first-order valence-electron chi connectivity index (χ1n) is 7.02. The van der Waals surface area contributed by atoms with Crippen molar-refractivity contribution in [2.75, 3.05) is 0 Å². The van der Waals surface area contributed by atoms with E-state index in [4.69, 9.17) is 0 Å². The van der Waals surface area contributed by atoms with E-state index in [9.17, 15) is 5.11 Å². The van der Waals surface area contributed by atoms with Crippen molar-refractivity contribution in [1.29, 1.82) is 0 Å². The Labute approximate surface area is 102 Å². The number of rotatable bonds is 11. The normalized spacial score (nSPS) is 12.7. The summed E-state index contributed by atoms with van der Waals surface area (Å²) in [6.45, 7) is 7.92. The topological polar surface area (TPSA) is 20.2 Å². The lowest BCUT2D eigenvalue weighted by Crippen LogP contribution is -2.06. The summed E-state index contributed by atoms with van der Waals surface area (Å²) in [5, 5.41) is 9.53. The van der Waals surface area contributed by atoms with Gasteiger partial charge in [-0.1, -0.05) is 76.9 Å². The van der Waals surface area contributed by atoms with Gasteiger partial charge in [-0.05, 0) is 13.3 Å². The molecule has 0 aromatic carbocycles. The maximum absolute atomic E-state index is 9.53. The summed E-state index contributed by atoms with van der Waals surface area (Å²) >= 11 is 0. The Balaban J connectivity index is 3.07. The number of unbranched alkanes of at least 4 members (excludes halogenated alkanes) is 8. The lowest BCUT2D eigenvalue weighted by Gasteiger charge is -2.09. The van der Waals surface area contributed by atoms with Crippen LogP contribution in [0, 0.1) is 0 Å². The average molecular weight is 226 g/mol. The molecule has 0 radical (unpaired) electrons. The molecule has 0 aliphatic rings. The maximum Gasteiger partial charge on any atom is 0.0744 e. The SMILES string of the molecule is C=C(C)C(O)CCCCCCCCCCC. The van der Waals surface area contributed by atoms with Crippen molar-refractivity contribution < 1.29 is 5.11 Å². The first-order valence-corrected chi connectivity index (χ1v) is 7.02. The van der Waals surface area contributed by atoms with Crippen molar-refractivity contribution in [3.8, 4) is 0 Å². The van der Waals surface area contributed by atoms with E-state index in [0.29, 0.717) is 0 Å². The fourth-order valence-corrected chi connectivity index (χ4v) is 1.89. The van der Waals surface area contributed by atoms with Gasteiger partial charge in [-0.15, -0.1) is 0 Å². The van der Waals surface area contributed by atoms with Crippen LogP contribution in [0.3, 0.4) is 0 Å². The predicted molar refractivity (Wildman–Crippen MR) is 72.7 cm³/mol. The molecule has 1 unspecified atom stereocenters. The summed E-state index contributed by atoms with van der Waals surface area (Å²) in [5.74, 6) is 0. The molecule has 0 bridgehead atoms. The molecule has 0 aliphatic carbocycles. The zero-order chi connectivity index (χ0) is 12.2. The molecule has 96 valence electrons. The third-order valence-electron chi connectivity index (χ3n) is 3.15. The van der Waals surface area contributed by atoms with Crippen LogP contribution in [0.1, 0.15) is 78.1 Å². The second-order valence-electron chi connectivity index (χ2n) is 4.98. The summed E-state index contributed by atoms with van der Waals surface area (Å²) in [6, 6.07) is 0. The molecule has 0 aromatic heterocycles. The van der Waals surface area contributed by atoms with E-state index in [1.54, 1.807) is 0 Å². The smallest absolute Gasteiger partial charge is 0.0744 e. The van der Waals surface area contributed by atoms with Crippen molar-refractivity contribution in [1.82, 2.24) is 0 Å². The highest BCUT2D eigenvalue weighted by Crippen LogP contribution is 2.13. The van der Waals surface area contributed by atoms with E-state index >= 15 is 0 Å². The molecule has 1 nitrogen and oxygen atoms in total. The minimum absolute atomic E-state index is 0.274. The van der Waals surface area contributed by atoms with E-state index in [1.165, 1.54) is 51.4 Å². The first kappa shape index (κ1) is 15.7. The zero-order valence-electron chi connectivity index (χ0n) is 11.3. The third kappa shape index (κ3) is 10.2. The molecule has 0 heterocycles. The molecule has 1 N–H and O–H groups in total. The molecule has 0 fully saturated rings. The van der Waals surface area contributed by atoms with Crippen molar-refractivity contribution >= 4 is 0 Å². The van der Waals surface area contributed by atoms with Crippen LogP contribution in [-0.2, 0) is 0 Å². The Morgan fingerprint density at radius 1 is 0.938 bits per heavy atom. The molecule has 0 spiro atoms. The summed E-state index contributed by atoms with van der Waals surface area (Å²) in [6.07, 6.45) is 12.7. The van der Waals surface area contributed by atoms with Crippen LogP contribution in [0.5, 0.6) is 0 Å². The number of aliphatic hydroxyl groups excluding tert-OH is 1. The minimum Gasteiger partial charge on any atom is -0.389 e. The van der Waals surface area contributed by atoms with Gasteiger partial charge in [-0.3, -0.25) is 0 Å². The Hall–Kier alpha value is -0.300. The van der Waals surface area contributed by atoms with Gasteiger partial charge in [0.25, 0.3) is 0 Å². The van der Waals surface area contributed by atoms with Gasteiger partial charge in [-0.2, -0.15) is 0 Å². The lowest BCUT2D eigenvalue weighted by molar-refractivity contribution is 0.196. The quantitative estimate of drug-likeness (QED) is 0.394. The van der Waals surface area contributed by atoms with E-state index in [1.807, 2.05) is 6.92 Å². The van der Waals surface area contributed by atoms with Crippen LogP contribution in [0.2, 0.25) is 0 Å². The van der Waals surface area contributed by atoms with Crippen molar-refractivity contribution in [3.05, 3.63) is 12.2 Å². The molecule has 1 heteroatoms. The van der Waals surface area contributed by atoms with E-state index < -0.39 is 0 Å². The lowest BCUT2D eigenvalue weighted by atomic mass is 10.0. The molecular formula is C15H30O. The van der Waals surface area contributed by atoms with E-state index in [0.717, 1.165) is 18.4 Å². The molecule has 0 saturated carbocycles. The standard InChI is InChI=1S/C15H30O/c1-4-5-6-7-8-9-10-11-12-13-15(16)14(2)3/h15-16H,2,4-13H2,1,3H3. The fourth-order valence-electron chi connectivity index (χ4n) is 1.89. The number of aliphatic hydroxyl groups is 1. The maximum atomic E-state index is 9.53. The van der Waals surface area contributed by atoms with Gasteiger partial charge in [-0.25, -0.2) is 0 Å². The minimum atomic E-state index is -0.274. The molecule has 0 saturated heterocycles. The predicted octanol–water partition coefficient (Wildman–Crippen LogP) is 4.84.